The van der Waals surface area contributed by atoms with Crippen LogP contribution in [-0.4, -0.2) is 84.4 Å². The summed E-state index contributed by atoms with van der Waals surface area (Å²) in [6, 6.07) is -1.32. The van der Waals surface area contributed by atoms with Gasteiger partial charge in [-0.3, -0.25) is 14.4 Å². The van der Waals surface area contributed by atoms with Crippen molar-refractivity contribution < 1.29 is 24.6 Å². The van der Waals surface area contributed by atoms with E-state index in [1.165, 1.54) is 11.8 Å². The second-order valence-electron chi connectivity index (χ2n) is 9.66. The maximum atomic E-state index is 14.2. The van der Waals surface area contributed by atoms with Crippen LogP contribution in [0.3, 0.4) is 0 Å². The van der Waals surface area contributed by atoms with Crippen LogP contribution in [0.1, 0.15) is 52.9 Å². The zero-order chi connectivity index (χ0) is 24.5. The number of carbonyl (C=O) groups excluding carboxylic acids is 2. The topological polar surface area (TPSA) is 98.2 Å². The minimum Gasteiger partial charge on any atom is -0.481 e. The minimum absolute atomic E-state index is 0.0253. The summed E-state index contributed by atoms with van der Waals surface area (Å²) in [6.07, 6.45) is 5.88. The minimum atomic E-state index is -0.986. The van der Waals surface area contributed by atoms with Crippen LogP contribution in [0, 0.1) is 17.8 Å². The number of hydrogen-bond donors (Lipinski definition) is 2. The molecule has 0 radical (unpaired) electrons. The van der Waals surface area contributed by atoms with Gasteiger partial charge in [-0.1, -0.05) is 62.0 Å². The number of likely N-dealkylation sites (tertiary alicyclic amines) is 1. The fourth-order valence-corrected chi connectivity index (χ4v) is 9.56. The molecule has 2 N–H and O–H groups in total. The van der Waals surface area contributed by atoms with Gasteiger partial charge < -0.3 is 20.0 Å². The number of carboxylic acid groups (broad SMARTS) is 1. The van der Waals surface area contributed by atoms with Crippen LogP contribution >= 0.6 is 27.7 Å². The quantitative estimate of drug-likeness (QED) is 0.222. The molecule has 0 aromatic carbocycles. The van der Waals surface area contributed by atoms with Gasteiger partial charge in [0.1, 0.15) is 6.04 Å². The van der Waals surface area contributed by atoms with Crippen molar-refractivity contribution in [1.29, 1.82) is 0 Å². The highest BCUT2D eigenvalue weighted by atomic mass is 79.9. The summed E-state index contributed by atoms with van der Waals surface area (Å²) in [6.45, 7) is 10.6. The molecule has 3 saturated heterocycles. The monoisotopic (exact) mass is 544 g/mol. The molecule has 3 aliphatic rings. The summed E-state index contributed by atoms with van der Waals surface area (Å²) >= 11 is 5.17. The fraction of sp³-hybridized carbons (Fsp3) is 0.792. The largest absolute Gasteiger partial charge is 0.481 e. The van der Waals surface area contributed by atoms with Crippen LogP contribution < -0.4 is 0 Å². The van der Waals surface area contributed by atoms with Crippen LogP contribution in [0.15, 0.2) is 12.7 Å². The zero-order valence-corrected chi connectivity index (χ0v) is 22.2. The Bertz CT molecular complexity index is 782. The van der Waals surface area contributed by atoms with E-state index in [-0.39, 0.29) is 34.4 Å². The molecule has 0 saturated carbocycles. The molecule has 3 fully saturated rings. The maximum Gasteiger partial charge on any atom is 0.308 e. The van der Waals surface area contributed by atoms with Crippen LogP contribution in [0.5, 0.6) is 0 Å². The smallest absolute Gasteiger partial charge is 0.308 e. The number of carboxylic acids is 1. The molecular weight excluding hydrogens is 508 g/mol. The number of carbonyl (C=O) groups is 3. The van der Waals surface area contributed by atoms with Gasteiger partial charge in [0.25, 0.3) is 0 Å². The van der Waals surface area contributed by atoms with Crippen LogP contribution in [-0.2, 0) is 14.4 Å². The Morgan fingerprint density at radius 3 is 2.64 bits per heavy atom. The van der Waals surface area contributed by atoms with Crippen molar-refractivity contribution in [3.63, 3.8) is 0 Å². The highest BCUT2D eigenvalue weighted by molar-refractivity contribution is 9.09. The lowest BCUT2D eigenvalue weighted by molar-refractivity contribution is -0.150. The number of fused-ring (bicyclic) bond motifs is 1. The number of rotatable bonds is 12. The van der Waals surface area contributed by atoms with E-state index in [1.54, 1.807) is 15.9 Å². The van der Waals surface area contributed by atoms with Gasteiger partial charge in [0.15, 0.2) is 0 Å². The van der Waals surface area contributed by atoms with Crippen molar-refractivity contribution in [2.75, 3.05) is 19.7 Å². The first kappa shape index (κ1) is 26.5. The fourth-order valence-electron chi connectivity index (χ4n) is 5.97. The predicted molar refractivity (Wildman–Crippen MR) is 133 cm³/mol. The van der Waals surface area contributed by atoms with Crippen LogP contribution in [0.2, 0.25) is 0 Å². The Kier molecular flexibility index (Phi) is 8.60. The molecule has 3 rings (SSSR count). The predicted octanol–water partition coefficient (Wildman–Crippen LogP) is 3.15. The first-order chi connectivity index (χ1) is 15.7. The van der Waals surface area contributed by atoms with E-state index >= 15 is 0 Å². The molecule has 7 nitrogen and oxygen atoms in total. The molecule has 9 heteroatoms. The van der Waals surface area contributed by atoms with E-state index < -0.39 is 34.6 Å². The lowest BCUT2D eigenvalue weighted by atomic mass is 9.71. The molecule has 0 aromatic heterocycles. The number of alkyl halides is 1. The third kappa shape index (κ3) is 4.38. The molecule has 33 heavy (non-hydrogen) atoms. The summed E-state index contributed by atoms with van der Waals surface area (Å²) in [5, 5.41) is 20.1. The van der Waals surface area contributed by atoms with Gasteiger partial charge >= 0.3 is 5.97 Å². The maximum absolute atomic E-state index is 14.2. The van der Waals surface area contributed by atoms with Crippen molar-refractivity contribution in [2.24, 2.45) is 17.8 Å². The van der Waals surface area contributed by atoms with Crippen LogP contribution in [0.4, 0.5) is 0 Å². The lowest BCUT2D eigenvalue weighted by Crippen LogP contribution is -2.59. The second kappa shape index (κ2) is 10.7. The van der Waals surface area contributed by atoms with E-state index in [1.807, 2.05) is 13.8 Å². The molecule has 3 aliphatic heterocycles. The van der Waals surface area contributed by atoms with Gasteiger partial charge in [0.05, 0.1) is 29.2 Å². The number of nitrogens with zero attached hydrogens (tertiary/aromatic N) is 2. The summed E-state index contributed by atoms with van der Waals surface area (Å²) in [5.41, 5.74) is 0. The summed E-state index contributed by atoms with van der Waals surface area (Å²) < 4.78 is -0.804. The van der Waals surface area contributed by atoms with Crippen LogP contribution in [0.25, 0.3) is 0 Å². The van der Waals surface area contributed by atoms with Gasteiger partial charge in [-0.05, 0) is 18.8 Å². The molecule has 186 valence electrons. The third-order valence-electron chi connectivity index (χ3n) is 7.78. The van der Waals surface area contributed by atoms with Gasteiger partial charge in [-0.2, -0.15) is 0 Å². The van der Waals surface area contributed by atoms with E-state index in [0.717, 1.165) is 25.7 Å². The van der Waals surface area contributed by atoms with E-state index in [0.29, 0.717) is 19.5 Å². The number of thioether (sulfide) groups is 1. The number of amides is 2. The number of unbranched alkanes of at least 4 members (excludes halogenated alkanes) is 2. The number of hydrogen-bond acceptors (Lipinski definition) is 5. The highest BCUT2D eigenvalue weighted by Crippen LogP contribution is 2.68. The molecule has 3 unspecified atom stereocenters. The lowest BCUT2D eigenvalue weighted by Gasteiger charge is -2.41. The van der Waals surface area contributed by atoms with Crippen molar-refractivity contribution in [1.82, 2.24) is 9.80 Å². The molecular formula is C24H37BrN2O5S. The standard InChI is InChI=1S/C24H37BrN2O5S/c1-5-8-9-11-26(10-6-2)22(30)20-24-12-15(25)19(33-24)17(23(31)32)18(24)21(29)27(20)16(13-28)14(4)7-3/h6,14-20,28H,2,5,7-13H2,1,3-4H3,(H,31,32)/t14-,15?,16-,17+,18-,19+,20?,24?/m0/s1. The molecule has 0 aromatic rings. The Hall–Kier alpha value is -1.06. The zero-order valence-electron chi connectivity index (χ0n) is 19.8. The average molecular weight is 546 g/mol. The van der Waals surface area contributed by atoms with Gasteiger partial charge in [-0.15, -0.1) is 18.3 Å². The Morgan fingerprint density at radius 1 is 1.39 bits per heavy atom. The van der Waals surface area contributed by atoms with Gasteiger partial charge in [-0.25, -0.2) is 0 Å². The average Bonchev–Trinajstić information content (AvgIpc) is 3.37. The van der Waals surface area contributed by atoms with Crippen molar-refractivity contribution >= 4 is 45.5 Å². The normalized spacial score (nSPS) is 34.3. The number of aliphatic hydroxyl groups excluding tert-OH is 1. The molecule has 1 spiro atoms. The van der Waals surface area contributed by atoms with Gasteiger partial charge in [0, 0.05) is 23.2 Å². The summed E-state index contributed by atoms with van der Waals surface area (Å²) in [4.78, 5) is 43.6. The number of aliphatic hydroxyl groups is 1. The SMILES string of the molecule is C=CCN(CCCCC)C(=O)C1N([C@@H](CO)[C@@H](C)CC)C(=O)[C@@H]2[C@@H](C(=O)O)[C@@H]3SC12CC3Br. The number of aliphatic carboxylic acids is 1. The van der Waals surface area contributed by atoms with E-state index in [9.17, 15) is 24.6 Å². The Labute approximate surface area is 209 Å². The first-order valence-electron chi connectivity index (χ1n) is 12.1. The highest BCUT2D eigenvalue weighted by Gasteiger charge is 2.76. The van der Waals surface area contributed by atoms with Gasteiger partial charge in [0.2, 0.25) is 11.8 Å². The summed E-state index contributed by atoms with van der Waals surface area (Å²) in [7, 11) is 0. The molecule has 0 aliphatic carbocycles. The Balaban J connectivity index is 2.09. The number of halogens is 1. The second-order valence-corrected chi connectivity index (χ2v) is 12.4. The molecule has 2 amide bonds. The first-order valence-corrected chi connectivity index (χ1v) is 13.9. The third-order valence-corrected chi connectivity index (χ3v) is 11.0. The molecule has 3 heterocycles. The van der Waals surface area contributed by atoms with Crippen molar-refractivity contribution in [2.45, 2.75) is 79.8 Å². The van der Waals surface area contributed by atoms with Crippen molar-refractivity contribution in [3.05, 3.63) is 12.7 Å². The van der Waals surface area contributed by atoms with Crippen molar-refractivity contribution in [3.8, 4) is 0 Å². The summed E-state index contributed by atoms with van der Waals surface area (Å²) in [5.74, 6) is -3.05. The van der Waals surface area contributed by atoms with E-state index in [4.69, 9.17) is 0 Å². The van der Waals surface area contributed by atoms with E-state index in [2.05, 4.69) is 29.4 Å². The Morgan fingerprint density at radius 2 is 2.09 bits per heavy atom. The molecule has 8 atom stereocenters. The molecule has 2 bridgehead atoms.